The Bertz CT molecular complexity index is 1160. The Balaban J connectivity index is 1.42. The second kappa shape index (κ2) is 8.61. The van der Waals surface area contributed by atoms with Gasteiger partial charge in [-0.3, -0.25) is 4.79 Å². The van der Waals surface area contributed by atoms with Crippen molar-refractivity contribution in [2.75, 3.05) is 6.61 Å². The zero-order valence-corrected chi connectivity index (χ0v) is 16.2. The van der Waals surface area contributed by atoms with Gasteiger partial charge in [-0.05, 0) is 59.2 Å². The van der Waals surface area contributed by atoms with Gasteiger partial charge in [0.1, 0.15) is 11.3 Å². The van der Waals surface area contributed by atoms with E-state index in [1.54, 1.807) is 12.3 Å². The molecule has 0 radical (unpaired) electrons. The molecule has 0 bridgehead atoms. The number of amides is 1. The predicted octanol–water partition coefficient (Wildman–Crippen LogP) is 5.53. The van der Waals surface area contributed by atoms with Crippen LogP contribution in [0.1, 0.15) is 35.9 Å². The molecule has 3 aromatic carbocycles. The minimum absolute atomic E-state index is 0.230. The molecule has 4 rings (SSSR count). The number of benzene rings is 3. The molecule has 0 aliphatic heterocycles. The average Bonchev–Trinajstić information content (AvgIpc) is 3.20. The van der Waals surface area contributed by atoms with E-state index in [9.17, 15) is 4.79 Å². The first kappa shape index (κ1) is 18.7. The van der Waals surface area contributed by atoms with E-state index in [0.29, 0.717) is 12.2 Å². The highest BCUT2D eigenvalue weighted by atomic mass is 16.5. The normalized spacial score (nSPS) is 11.3. The number of carbonyl (C=O) groups excluding carboxylic acids is 1. The number of nitrogens with one attached hydrogen (secondary N) is 1. The van der Waals surface area contributed by atoms with Crippen molar-refractivity contribution in [1.29, 1.82) is 0 Å². The molecule has 0 unspecified atom stereocenters. The van der Waals surface area contributed by atoms with Gasteiger partial charge < -0.3 is 9.15 Å². The fraction of sp³-hybridized carbons (Fsp3) is 0.167. The van der Waals surface area contributed by atoms with Gasteiger partial charge >= 0.3 is 5.91 Å². The lowest BCUT2D eigenvalue weighted by molar-refractivity contribution is 0.0929. The minimum atomic E-state index is -0.388. The Hall–Kier alpha value is -3.60. The largest absolute Gasteiger partial charge is 0.494 e. The summed E-state index contributed by atoms with van der Waals surface area (Å²) in [5.41, 5.74) is 4.06. The molecular formula is C24H22N2O3. The zero-order chi connectivity index (χ0) is 20.1. The first-order valence-electron chi connectivity index (χ1n) is 9.72. The van der Waals surface area contributed by atoms with Crippen LogP contribution in [-0.4, -0.2) is 18.7 Å². The van der Waals surface area contributed by atoms with Gasteiger partial charge in [0.05, 0.1) is 12.8 Å². The lowest BCUT2D eigenvalue weighted by atomic mass is 10.1. The van der Waals surface area contributed by atoms with Gasteiger partial charge in [-0.2, -0.15) is 5.10 Å². The van der Waals surface area contributed by atoms with E-state index in [2.05, 4.69) is 17.5 Å². The first-order chi connectivity index (χ1) is 14.2. The summed E-state index contributed by atoms with van der Waals surface area (Å²) in [7, 11) is 0. The van der Waals surface area contributed by atoms with Crippen molar-refractivity contribution >= 4 is 33.9 Å². The van der Waals surface area contributed by atoms with Crippen LogP contribution in [0.25, 0.3) is 21.7 Å². The van der Waals surface area contributed by atoms with E-state index in [1.165, 1.54) is 0 Å². The summed E-state index contributed by atoms with van der Waals surface area (Å²) in [6.45, 7) is 2.84. The molecule has 1 amide bonds. The standard InChI is InChI=1S/C24H22N2O3/c1-2-3-14-28-19-11-8-17(9-12-19)16-25-26-24(27)23-15-21-20-7-5-4-6-18(20)10-13-22(21)29-23/h4-13,15-16H,2-3,14H2,1H3,(H,26,27)/b25-16+. The van der Waals surface area contributed by atoms with Crippen molar-refractivity contribution in [3.05, 3.63) is 78.1 Å². The first-order valence-corrected chi connectivity index (χ1v) is 9.72. The summed E-state index contributed by atoms with van der Waals surface area (Å²) in [6.07, 6.45) is 3.73. The van der Waals surface area contributed by atoms with Crippen LogP contribution in [0.3, 0.4) is 0 Å². The highest BCUT2D eigenvalue weighted by molar-refractivity contribution is 6.08. The van der Waals surface area contributed by atoms with E-state index in [-0.39, 0.29) is 11.7 Å². The van der Waals surface area contributed by atoms with Crippen molar-refractivity contribution in [3.63, 3.8) is 0 Å². The summed E-state index contributed by atoms with van der Waals surface area (Å²) in [5, 5.41) is 7.10. The molecule has 0 saturated carbocycles. The Kier molecular flexibility index (Phi) is 5.56. The molecule has 0 fully saturated rings. The van der Waals surface area contributed by atoms with Crippen LogP contribution in [0, 0.1) is 0 Å². The molecule has 0 saturated heterocycles. The lowest BCUT2D eigenvalue weighted by Crippen LogP contribution is -2.16. The summed E-state index contributed by atoms with van der Waals surface area (Å²) in [4.78, 5) is 12.4. The Morgan fingerprint density at radius 2 is 1.90 bits per heavy atom. The summed E-state index contributed by atoms with van der Waals surface area (Å²) >= 11 is 0. The Morgan fingerprint density at radius 3 is 2.72 bits per heavy atom. The van der Waals surface area contributed by atoms with Crippen LogP contribution < -0.4 is 10.2 Å². The predicted molar refractivity (Wildman–Crippen MR) is 116 cm³/mol. The van der Waals surface area contributed by atoms with Crippen LogP contribution in [0.5, 0.6) is 5.75 Å². The maximum atomic E-state index is 12.4. The minimum Gasteiger partial charge on any atom is -0.494 e. The number of hydrazone groups is 1. The number of fused-ring (bicyclic) bond motifs is 3. The molecule has 0 aliphatic carbocycles. The molecule has 0 atom stereocenters. The highest BCUT2D eigenvalue weighted by Crippen LogP contribution is 2.28. The van der Waals surface area contributed by atoms with Crippen LogP contribution >= 0.6 is 0 Å². The molecule has 5 heteroatoms. The molecular weight excluding hydrogens is 364 g/mol. The molecule has 0 spiro atoms. The van der Waals surface area contributed by atoms with Crippen molar-refractivity contribution in [3.8, 4) is 5.75 Å². The second-order valence-corrected chi connectivity index (χ2v) is 6.78. The number of carbonyl (C=O) groups is 1. The van der Waals surface area contributed by atoms with Gasteiger partial charge in [-0.1, -0.05) is 43.7 Å². The zero-order valence-electron chi connectivity index (χ0n) is 16.2. The van der Waals surface area contributed by atoms with Crippen LogP contribution in [0.2, 0.25) is 0 Å². The number of unbranched alkanes of at least 4 members (excludes halogenated alkanes) is 1. The van der Waals surface area contributed by atoms with E-state index >= 15 is 0 Å². The molecule has 1 aromatic heterocycles. The summed E-state index contributed by atoms with van der Waals surface area (Å²) in [5.74, 6) is 0.670. The van der Waals surface area contributed by atoms with Crippen LogP contribution in [-0.2, 0) is 0 Å². The molecule has 4 aromatic rings. The van der Waals surface area contributed by atoms with E-state index in [4.69, 9.17) is 9.15 Å². The smallest absolute Gasteiger partial charge is 0.307 e. The third-order valence-electron chi connectivity index (χ3n) is 4.68. The Labute approximate surface area is 169 Å². The maximum Gasteiger partial charge on any atom is 0.307 e. The van der Waals surface area contributed by atoms with Gasteiger partial charge in [-0.15, -0.1) is 0 Å². The Morgan fingerprint density at radius 1 is 1.07 bits per heavy atom. The molecule has 146 valence electrons. The van der Waals surface area contributed by atoms with Gasteiger partial charge in [0, 0.05) is 5.39 Å². The van der Waals surface area contributed by atoms with Gasteiger partial charge in [0.25, 0.3) is 0 Å². The molecule has 0 aliphatic rings. The highest BCUT2D eigenvalue weighted by Gasteiger charge is 2.13. The van der Waals surface area contributed by atoms with Crippen LogP contribution in [0.4, 0.5) is 0 Å². The van der Waals surface area contributed by atoms with Crippen molar-refractivity contribution in [2.45, 2.75) is 19.8 Å². The van der Waals surface area contributed by atoms with Crippen molar-refractivity contribution < 1.29 is 13.9 Å². The topological polar surface area (TPSA) is 63.8 Å². The van der Waals surface area contributed by atoms with E-state index in [1.807, 2.05) is 60.7 Å². The fourth-order valence-electron chi connectivity index (χ4n) is 3.11. The van der Waals surface area contributed by atoms with E-state index in [0.717, 1.165) is 40.3 Å². The summed E-state index contributed by atoms with van der Waals surface area (Å²) in [6, 6.07) is 21.2. The number of nitrogens with zero attached hydrogens (tertiary/aromatic N) is 1. The number of ether oxygens (including phenoxy) is 1. The monoisotopic (exact) mass is 386 g/mol. The number of furan rings is 1. The van der Waals surface area contributed by atoms with Crippen LogP contribution in [0.15, 0.2) is 76.2 Å². The average molecular weight is 386 g/mol. The third kappa shape index (κ3) is 4.29. The van der Waals surface area contributed by atoms with Gasteiger partial charge in [0.15, 0.2) is 5.76 Å². The third-order valence-corrected chi connectivity index (χ3v) is 4.68. The lowest BCUT2D eigenvalue weighted by Gasteiger charge is -2.04. The second-order valence-electron chi connectivity index (χ2n) is 6.78. The van der Waals surface area contributed by atoms with Gasteiger partial charge in [0.2, 0.25) is 0 Å². The number of rotatable bonds is 7. The molecule has 1 N–H and O–H groups in total. The maximum absolute atomic E-state index is 12.4. The number of hydrogen-bond donors (Lipinski definition) is 1. The number of hydrogen-bond acceptors (Lipinski definition) is 4. The van der Waals surface area contributed by atoms with E-state index < -0.39 is 0 Å². The fourth-order valence-corrected chi connectivity index (χ4v) is 3.11. The summed E-state index contributed by atoms with van der Waals surface area (Å²) < 4.78 is 11.3. The SMILES string of the molecule is CCCCOc1ccc(/C=N/NC(=O)c2cc3c(ccc4ccccc43)o2)cc1. The quantitative estimate of drug-likeness (QED) is 0.258. The molecule has 1 heterocycles. The van der Waals surface area contributed by atoms with Crippen molar-refractivity contribution in [2.24, 2.45) is 5.10 Å². The molecule has 29 heavy (non-hydrogen) atoms. The van der Waals surface area contributed by atoms with Crippen molar-refractivity contribution in [1.82, 2.24) is 5.43 Å². The molecule has 5 nitrogen and oxygen atoms in total. The van der Waals surface area contributed by atoms with Gasteiger partial charge in [-0.25, -0.2) is 5.43 Å².